The molecule has 4 fully saturated rings. The maximum Gasteiger partial charge on any atom is 0.316 e. The molecule has 16 rings (SSSR count). The molecule has 0 amide bonds. The van der Waals surface area contributed by atoms with Crippen LogP contribution in [-0.4, -0.2) is 111 Å². The molecule has 12 aromatic rings. The number of hydrogen-bond acceptors (Lipinski definition) is 20. The first-order valence-corrected chi connectivity index (χ1v) is 44.1. The fraction of sp³-hybridized carbons (Fsp3) is 0.440. The fourth-order valence-corrected chi connectivity index (χ4v) is 19.9. The van der Waals surface area contributed by atoms with E-state index in [0.717, 1.165) is 150 Å². The van der Waals surface area contributed by atoms with Crippen LogP contribution in [0.2, 0.25) is 0 Å². The SMILES string of the molecule is CC[C@@H](CC(=O)c1cnc(OC)nc1)C1CCC(c2ccnc3c(F)cccc23)CC1.CC[C@@H](CC(=O)c1cnc(OC)nc1)C1CCC(c2ccnc3c(F)cccc23)CC1.CC[C@H](CC(=O)c1cnc(OC)nc1)C1CCC(c2ccnc3c(F)cccc23)CC1.CC[C@H](CC(=O)c1cnc(OC)nc1)C1CCC(c2ccnc3c(F)cccc23)CC1. The molecule has 0 bridgehead atoms. The van der Waals surface area contributed by atoms with Crippen LogP contribution in [0, 0.1) is 70.6 Å². The Kier molecular flexibility index (Phi) is 31.8. The monoisotopic (exact) mass is 1680 g/mol. The number of hydrogen-bond donors (Lipinski definition) is 0. The zero-order valence-electron chi connectivity index (χ0n) is 72.2. The predicted molar refractivity (Wildman–Crippen MR) is 471 cm³/mol. The first-order chi connectivity index (χ1) is 60.4. The van der Waals surface area contributed by atoms with Gasteiger partial charge in [-0.2, -0.15) is 0 Å². The second-order valence-electron chi connectivity index (χ2n) is 33.6. The lowest BCUT2D eigenvalue weighted by Crippen LogP contribution is -2.23. The van der Waals surface area contributed by atoms with Crippen LogP contribution in [0.3, 0.4) is 0 Å². The van der Waals surface area contributed by atoms with E-state index in [1.54, 1.807) is 98.6 Å². The van der Waals surface area contributed by atoms with Crippen LogP contribution in [0.4, 0.5) is 17.6 Å². The minimum atomic E-state index is -0.264. The molecule has 0 radical (unpaired) electrons. The number of carbonyl (C=O) groups excluding carboxylic acids is 4. The highest BCUT2D eigenvalue weighted by molar-refractivity contribution is 5.97. The summed E-state index contributed by atoms with van der Waals surface area (Å²) in [6.45, 7) is 8.64. The van der Waals surface area contributed by atoms with E-state index in [1.807, 2.05) is 48.5 Å². The number of methoxy groups -OCH3 is 4. The number of fused-ring (bicyclic) bond motifs is 4. The zero-order valence-corrected chi connectivity index (χ0v) is 72.2. The lowest BCUT2D eigenvalue weighted by atomic mass is 9.71. The molecule has 20 nitrogen and oxygen atoms in total. The molecule has 124 heavy (non-hydrogen) atoms. The molecule has 648 valence electrons. The van der Waals surface area contributed by atoms with E-state index in [0.29, 0.717) is 141 Å². The number of pyridine rings is 4. The Bertz CT molecular complexity index is 4870. The van der Waals surface area contributed by atoms with Crippen LogP contribution in [0.1, 0.15) is 269 Å². The summed E-state index contributed by atoms with van der Waals surface area (Å²) >= 11 is 0. The zero-order chi connectivity index (χ0) is 87.2. The summed E-state index contributed by atoms with van der Waals surface area (Å²) in [5.74, 6) is 4.43. The third-order valence-corrected chi connectivity index (χ3v) is 27.0. The first-order valence-electron chi connectivity index (χ1n) is 44.1. The van der Waals surface area contributed by atoms with Crippen molar-refractivity contribution in [3.63, 3.8) is 0 Å². The average molecular weight is 1690 g/mol. The number of ether oxygens (including phenoxy) is 4. The highest BCUT2D eigenvalue weighted by Gasteiger charge is 2.36. The minimum Gasteiger partial charge on any atom is -0.467 e. The number of benzene rings is 4. The summed E-state index contributed by atoms with van der Waals surface area (Å²) in [4.78, 5) is 100. The lowest BCUT2D eigenvalue weighted by Gasteiger charge is -2.34. The van der Waals surface area contributed by atoms with Gasteiger partial charge in [0.1, 0.15) is 45.3 Å². The normalized spacial score (nSPS) is 19.8. The van der Waals surface area contributed by atoms with Gasteiger partial charge in [0.25, 0.3) is 0 Å². The van der Waals surface area contributed by atoms with Gasteiger partial charge in [0, 0.05) is 122 Å². The summed E-state index contributed by atoms with van der Waals surface area (Å²) < 4.78 is 76.4. The second kappa shape index (κ2) is 43.7. The van der Waals surface area contributed by atoms with Gasteiger partial charge in [-0.3, -0.25) is 39.1 Å². The average Bonchev–Trinajstić information content (AvgIpc) is 0.801. The Morgan fingerprint density at radius 2 is 0.468 bits per heavy atom. The molecule has 0 N–H and O–H groups in total. The Labute approximate surface area is 722 Å². The van der Waals surface area contributed by atoms with E-state index in [9.17, 15) is 36.7 Å². The molecule has 4 aliphatic rings. The van der Waals surface area contributed by atoms with Crippen LogP contribution in [-0.2, 0) is 0 Å². The summed E-state index contributed by atoms with van der Waals surface area (Å²) in [6, 6.07) is 30.0. The van der Waals surface area contributed by atoms with Gasteiger partial charge in [-0.1, -0.05) is 102 Å². The summed E-state index contributed by atoms with van der Waals surface area (Å²) in [5, 5.41) is 3.70. The van der Waals surface area contributed by atoms with Crippen molar-refractivity contribution in [1.29, 1.82) is 0 Å². The summed E-state index contributed by atoms with van der Waals surface area (Å²) in [6.07, 6.45) is 42.3. The number of rotatable bonds is 28. The molecule has 8 heterocycles. The first kappa shape index (κ1) is 90.2. The van der Waals surface area contributed by atoms with Gasteiger partial charge in [-0.15, -0.1) is 0 Å². The molecule has 4 saturated carbocycles. The summed E-state index contributed by atoms with van der Waals surface area (Å²) in [5.41, 5.74) is 8.78. The minimum absolute atomic E-state index is 0.0900. The topological polar surface area (TPSA) is 260 Å². The van der Waals surface area contributed by atoms with E-state index in [4.69, 9.17) is 18.9 Å². The molecule has 4 aromatic carbocycles. The van der Waals surface area contributed by atoms with Gasteiger partial charge < -0.3 is 18.9 Å². The van der Waals surface area contributed by atoms with E-state index < -0.39 is 0 Å². The van der Waals surface area contributed by atoms with E-state index in [1.165, 1.54) is 75.0 Å². The highest BCUT2D eigenvalue weighted by Crippen LogP contribution is 2.48. The number of para-hydroxylation sites is 4. The quantitative estimate of drug-likeness (QED) is 0.0326. The molecule has 0 spiro atoms. The number of ketones is 4. The van der Waals surface area contributed by atoms with E-state index in [2.05, 4.69) is 87.5 Å². The molecular weight excluding hydrogens is 1570 g/mol. The third kappa shape index (κ3) is 22.1. The molecule has 0 unspecified atom stereocenters. The van der Waals surface area contributed by atoms with Crippen molar-refractivity contribution in [1.82, 2.24) is 59.8 Å². The van der Waals surface area contributed by atoms with Crippen molar-refractivity contribution in [2.45, 2.75) is 205 Å². The lowest BCUT2D eigenvalue weighted by molar-refractivity contribution is 0.0917. The van der Waals surface area contributed by atoms with Gasteiger partial charge in [0.2, 0.25) is 0 Å². The predicted octanol–water partition coefficient (Wildman–Crippen LogP) is 23.0. The van der Waals surface area contributed by atoms with Crippen molar-refractivity contribution in [2.75, 3.05) is 28.4 Å². The Morgan fingerprint density at radius 1 is 0.282 bits per heavy atom. The molecule has 24 heteroatoms. The number of halogens is 4. The van der Waals surface area contributed by atoms with Crippen molar-refractivity contribution >= 4 is 66.7 Å². The Hall–Kier alpha value is -11.6. The number of Topliss-reactive ketones (excluding diaryl/α,β-unsaturated/α-hetero) is 4. The van der Waals surface area contributed by atoms with Gasteiger partial charge in [0.15, 0.2) is 23.1 Å². The third-order valence-electron chi connectivity index (χ3n) is 27.0. The van der Waals surface area contributed by atoms with Gasteiger partial charge in [0.05, 0.1) is 50.7 Å². The molecule has 4 atom stereocenters. The van der Waals surface area contributed by atoms with Crippen molar-refractivity contribution in [3.8, 4) is 24.0 Å². The molecule has 0 aliphatic heterocycles. The van der Waals surface area contributed by atoms with Crippen LogP contribution >= 0.6 is 0 Å². The van der Waals surface area contributed by atoms with Crippen LogP contribution in [0.15, 0.2) is 171 Å². The standard InChI is InChI=1S/4C25H28FN3O2/c4*1-3-16(13-23(30)19-14-28-25(31-2)29-15-19)17-7-9-18(10-8-17)20-11-12-27-24-21(20)5-4-6-22(24)26/h4*4-6,11-12,14-18H,3,7-10,13H2,1-2H3/t4*16-,17?,18?/m1100/s1. The highest BCUT2D eigenvalue weighted by atomic mass is 19.1. The van der Waals surface area contributed by atoms with E-state index >= 15 is 0 Å². The maximum absolute atomic E-state index is 14.1. The molecular formula is C100H112F4N12O8. The number of nitrogens with zero attached hydrogens (tertiary/aromatic N) is 12. The number of aromatic nitrogens is 12. The van der Waals surface area contributed by atoms with Crippen molar-refractivity contribution in [2.24, 2.45) is 47.3 Å². The van der Waals surface area contributed by atoms with Crippen molar-refractivity contribution < 1.29 is 55.7 Å². The Balaban J connectivity index is 0.000000142. The van der Waals surface area contributed by atoms with Gasteiger partial charge >= 0.3 is 24.0 Å². The molecule has 0 saturated heterocycles. The smallest absolute Gasteiger partial charge is 0.316 e. The van der Waals surface area contributed by atoms with Crippen LogP contribution < -0.4 is 18.9 Å². The van der Waals surface area contributed by atoms with E-state index in [-0.39, 0.29) is 70.4 Å². The van der Waals surface area contributed by atoms with Crippen molar-refractivity contribution in [3.05, 3.63) is 239 Å². The van der Waals surface area contributed by atoms with Gasteiger partial charge in [-0.05, 0) is 245 Å². The molecule has 8 aromatic heterocycles. The maximum atomic E-state index is 14.1. The molecule has 4 aliphatic carbocycles. The fourth-order valence-electron chi connectivity index (χ4n) is 19.9. The number of carbonyl (C=O) groups is 4. The summed E-state index contributed by atoms with van der Waals surface area (Å²) in [7, 11) is 6.02. The largest absolute Gasteiger partial charge is 0.467 e. The Morgan fingerprint density at radius 3 is 0.637 bits per heavy atom. The second-order valence-corrected chi connectivity index (χ2v) is 33.6. The van der Waals surface area contributed by atoms with Crippen LogP contribution in [0.5, 0.6) is 24.0 Å². The van der Waals surface area contributed by atoms with Crippen LogP contribution in [0.25, 0.3) is 43.6 Å². The van der Waals surface area contributed by atoms with Gasteiger partial charge in [-0.25, -0.2) is 57.4 Å².